The highest BCUT2D eigenvalue weighted by atomic mass is 16.5. The molecule has 0 radical (unpaired) electrons. The van der Waals surface area contributed by atoms with Gasteiger partial charge in [0.2, 0.25) is 5.91 Å². The van der Waals surface area contributed by atoms with Crippen molar-refractivity contribution in [1.29, 1.82) is 0 Å². The first-order valence-electron chi connectivity index (χ1n) is 5.60. The van der Waals surface area contributed by atoms with Gasteiger partial charge in [-0.3, -0.25) is 9.59 Å². The van der Waals surface area contributed by atoms with Crippen LogP contribution in [0.2, 0.25) is 0 Å². The van der Waals surface area contributed by atoms with Gasteiger partial charge in [-0.05, 0) is 12.8 Å². The van der Waals surface area contributed by atoms with Gasteiger partial charge in [0.25, 0.3) is 0 Å². The van der Waals surface area contributed by atoms with E-state index in [1.807, 2.05) is 6.92 Å². The maximum Gasteiger partial charge on any atom is 0.305 e. The van der Waals surface area contributed by atoms with Gasteiger partial charge in [0.15, 0.2) is 0 Å². The molecule has 0 aromatic carbocycles. The lowest BCUT2D eigenvalue weighted by atomic mass is 10.1. The van der Waals surface area contributed by atoms with Crippen LogP contribution in [0.25, 0.3) is 0 Å². The second-order valence-corrected chi connectivity index (χ2v) is 3.83. The number of methoxy groups -OCH3 is 1. The molecule has 0 aliphatic heterocycles. The molecule has 5 nitrogen and oxygen atoms in total. The molecule has 0 rings (SSSR count). The first-order valence-corrected chi connectivity index (χ1v) is 5.60. The van der Waals surface area contributed by atoms with Crippen LogP contribution in [0.3, 0.4) is 0 Å². The highest BCUT2D eigenvalue weighted by Crippen LogP contribution is 2.01. The van der Waals surface area contributed by atoms with Crippen molar-refractivity contribution in [3.63, 3.8) is 0 Å². The van der Waals surface area contributed by atoms with Crippen LogP contribution in [-0.4, -0.2) is 43.5 Å². The van der Waals surface area contributed by atoms with E-state index in [2.05, 4.69) is 4.74 Å². The first-order chi connectivity index (χ1) is 7.52. The van der Waals surface area contributed by atoms with Gasteiger partial charge in [-0.1, -0.05) is 13.3 Å². The van der Waals surface area contributed by atoms with Crippen molar-refractivity contribution in [1.82, 2.24) is 4.90 Å². The average Bonchev–Trinajstić information content (AvgIpc) is 2.27. The fourth-order valence-electron chi connectivity index (χ4n) is 1.39. The van der Waals surface area contributed by atoms with Gasteiger partial charge in [0.1, 0.15) is 0 Å². The Kier molecular flexibility index (Phi) is 7.54. The summed E-state index contributed by atoms with van der Waals surface area (Å²) in [5, 5.41) is 0. The number of carbonyl (C=O) groups excluding carboxylic acids is 2. The lowest BCUT2D eigenvalue weighted by molar-refractivity contribution is -0.141. The van der Waals surface area contributed by atoms with Crippen LogP contribution < -0.4 is 5.73 Å². The number of hydrogen-bond donors (Lipinski definition) is 1. The summed E-state index contributed by atoms with van der Waals surface area (Å²) in [6, 6.07) is -0.423. The zero-order valence-corrected chi connectivity index (χ0v) is 10.4. The van der Waals surface area contributed by atoms with Crippen molar-refractivity contribution in [3.05, 3.63) is 0 Å². The van der Waals surface area contributed by atoms with Gasteiger partial charge < -0.3 is 15.4 Å². The third kappa shape index (κ3) is 5.70. The molecule has 0 aromatic rings. The number of carbonyl (C=O) groups is 2. The first kappa shape index (κ1) is 14.9. The third-order valence-corrected chi connectivity index (χ3v) is 2.40. The van der Waals surface area contributed by atoms with E-state index in [-0.39, 0.29) is 11.9 Å². The number of ether oxygens (including phenoxy) is 1. The summed E-state index contributed by atoms with van der Waals surface area (Å²) in [7, 11) is 3.06. The van der Waals surface area contributed by atoms with Crippen LogP contribution in [0.5, 0.6) is 0 Å². The summed E-state index contributed by atoms with van der Waals surface area (Å²) in [6.07, 6.45) is 2.52. The van der Waals surface area contributed by atoms with Crippen LogP contribution in [0.4, 0.5) is 0 Å². The van der Waals surface area contributed by atoms with Gasteiger partial charge in [-0.2, -0.15) is 0 Å². The number of rotatable bonds is 7. The molecule has 0 bridgehead atoms. The largest absolute Gasteiger partial charge is 0.469 e. The quantitative estimate of drug-likeness (QED) is 0.647. The minimum Gasteiger partial charge on any atom is -0.469 e. The summed E-state index contributed by atoms with van der Waals surface area (Å²) >= 11 is 0. The summed E-state index contributed by atoms with van der Waals surface area (Å²) < 4.78 is 4.51. The van der Waals surface area contributed by atoms with E-state index >= 15 is 0 Å². The van der Waals surface area contributed by atoms with Gasteiger partial charge in [-0.15, -0.1) is 0 Å². The molecule has 0 spiro atoms. The molecule has 0 aliphatic rings. The molecule has 16 heavy (non-hydrogen) atoms. The van der Waals surface area contributed by atoms with E-state index in [0.29, 0.717) is 25.8 Å². The second kappa shape index (κ2) is 8.10. The number of nitrogens with zero attached hydrogens (tertiary/aromatic N) is 1. The monoisotopic (exact) mass is 230 g/mol. The molecule has 5 heteroatoms. The third-order valence-electron chi connectivity index (χ3n) is 2.40. The van der Waals surface area contributed by atoms with Crippen molar-refractivity contribution in [2.45, 2.75) is 38.6 Å². The lowest BCUT2D eigenvalue weighted by Gasteiger charge is -2.20. The molecule has 1 atom stereocenters. The van der Waals surface area contributed by atoms with Crippen molar-refractivity contribution < 1.29 is 14.3 Å². The number of nitrogens with two attached hydrogens (primary N) is 1. The van der Waals surface area contributed by atoms with Gasteiger partial charge in [0.05, 0.1) is 13.2 Å². The molecule has 0 saturated carbocycles. The van der Waals surface area contributed by atoms with E-state index in [1.54, 1.807) is 11.9 Å². The molecule has 0 saturated heterocycles. The Morgan fingerprint density at radius 3 is 2.56 bits per heavy atom. The second-order valence-electron chi connectivity index (χ2n) is 3.83. The molecule has 1 amide bonds. The summed E-state index contributed by atoms with van der Waals surface area (Å²) in [5.74, 6) is -0.314. The molecule has 0 heterocycles. The number of hydrogen-bond acceptors (Lipinski definition) is 4. The summed E-state index contributed by atoms with van der Waals surface area (Å²) in [6.45, 7) is 2.52. The Labute approximate surface area is 96.9 Å². The van der Waals surface area contributed by atoms with Crippen molar-refractivity contribution in [2.24, 2.45) is 5.73 Å². The van der Waals surface area contributed by atoms with Crippen LogP contribution in [0, 0.1) is 0 Å². The normalized spacial score (nSPS) is 12.0. The fourth-order valence-corrected chi connectivity index (χ4v) is 1.39. The topological polar surface area (TPSA) is 72.6 Å². The van der Waals surface area contributed by atoms with Crippen LogP contribution >= 0.6 is 0 Å². The Balaban J connectivity index is 3.83. The Morgan fingerprint density at radius 2 is 2.06 bits per heavy atom. The van der Waals surface area contributed by atoms with E-state index in [0.717, 1.165) is 6.42 Å². The number of esters is 1. The smallest absolute Gasteiger partial charge is 0.305 e. The van der Waals surface area contributed by atoms with Crippen molar-refractivity contribution >= 4 is 11.9 Å². The van der Waals surface area contributed by atoms with E-state index in [4.69, 9.17) is 5.73 Å². The molecule has 94 valence electrons. The molecule has 0 fully saturated rings. The average molecular weight is 230 g/mol. The van der Waals surface area contributed by atoms with Crippen molar-refractivity contribution in [3.8, 4) is 0 Å². The van der Waals surface area contributed by atoms with Crippen LogP contribution in [0.15, 0.2) is 0 Å². The number of amides is 1. The summed E-state index contributed by atoms with van der Waals surface area (Å²) in [4.78, 5) is 24.1. The van der Waals surface area contributed by atoms with Crippen molar-refractivity contribution in [2.75, 3.05) is 20.7 Å². The Hall–Kier alpha value is -1.10. The van der Waals surface area contributed by atoms with Gasteiger partial charge in [0, 0.05) is 20.0 Å². The molecule has 0 aliphatic carbocycles. The molecular weight excluding hydrogens is 208 g/mol. The van der Waals surface area contributed by atoms with Crippen LogP contribution in [-0.2, 0) is 14.3 Å². The van der Waals surface area contributed by atoms with E-state index < -0.39 is 6.04 Å². The zero-order valence-electron chi connectivity index (χ0n) is 10.4. The van der Waals surface area contributed by atoms with Gasteiger partial charge >= 0.3 is 5.97 Å². The lowest BCUT2D eigenvalue weighted by Crippen LogP contribution is -2.42. The maximum atomic E-state index is 11.7. The highest BCUT2D eigenvalue weighted by molar-refractivity contribution is 5.81. The zero-order chi connectivity index (χ0) is 12.6. The van der Waals surface area contributed by atoms with E-state index in [1.165, 1.54) is 7.11 Å². The molecular formula is C11H22N2O3. The SMILES string of the molecule is CCC[C@H](N)C(=O)N(C)CCCC(=O)OC. The van der Waals surface area contributed by atoms with Gasteiger partial charge in [-0.25, -0.2) is 0 Å². The number of likely N-dealkylation sites (N-methyl/N-ethyl adjacent to an activating group) is 1. The molecule has 0 aromatic heterocycles. The Morgan fingerprint density at radius 1 is 1.44 bits per heavy atom. The minimum atomic E-state index is -0.423. The predicted molar refractivity (Wildman–Crippen MR) is 61.8 cm³/mol. The predicted octanol–water partition coefficient (Wildman–Crippen LogP) is 0.525. The minimum absolute atomic E-state index is 0.0632. The fraction of sp³-hybridized carbons (Fsp3) is 0.818. The Bertz CT molecular complexity index is 231. The maximum absolute atomic E-state index is 11.7. The van der Waals surface area contributed by atoms with E-state index in [9.17, 15) is 9.59 Å². The standard InChI is InChI=1S/C11H22N2O3/c1-4-6-9(12)11(15)13(2)8-5-7-10(14)16-3/h9H,4-8,12H2,1-3H3/t9-/m0/s1. The highest BCUT2D eigenvalue weighted by Gasteiger charge is 2.16. The summed E-state index contributed by atoms with van der Waals surface area (Å²) in [5.41, 5.74) is 5.70. The molecule has 2 N–H and O–H groups in total. The molecule has 0 unspecified atom stereocenters. The van der Waals surface area contributed by atoms with Crippen LogP contribution in [0.1, 0.15) is 32.6 Å².